The van der Waals surface area contributed by atoms with Gasteiger partial charge in [0.2, 0.25) is 0 Å². The normalized spacial score (nSPS) is 21.8. The van der Waals surface area contributed by atoms with Crippen LogP contribution in [0.4, 0.5) is 0 Å². The van der Waals surface area contributed by atoms with Gasteiger partial charge in [0.1, 0.15) is 0 Å². The number of hydrogen-bond acceptors (Lipinski definition) is 4. The van der Waals surface area contributed by atoms with Crippen molar-refractivity contribution < 1.29 is 14.7 Å². The van der Waals surface area contributed by atoms with Gasteiger partial charge >= 0.3 is 5.97 Å². The molecule has 0 aromatic heterocycles. The number of rotatable bonds is 2. The summed E-state index contributed by atoms with van der Waals surface area (Å²) in [4.78, 5) is 15.8. The van der Waals surface area contributed by atoms with E-state index in [9.17, 15) is 4.79 Å². The zero-order valence-corrected chi connectivity index (χ0v) is 7.32. The summed E-state index contributed by atoms with van der Waals surface area (Å²) in [7, 11) is 0. The third-order valence-electron chi connectivity index (χ3n) is 1.88. The Balaban J connectivity index is 2.24. The van der Waals surface area contributed by atoms with E-state index in [-0.39, 0.29) is 0 Å². The summed E-state index contributed by atoms with van der Waals surface area (Å²) < 4.78 is 0. The number of aliphatic hydroxyl groups excluding tert-OH is 1. The van der Waals surface area contributed by atoms with E-state index >= 15 is 0 Å². The number of carbonyl (C=O) groups excluding carboxylic acids is 1. The Morgan fingerprint density at radius 3 is 2.50 bits per heavy atom. The van der Waals surface area contributed by atoms with Crippen molar-refractivity contribution in [2.75, 3.05) is 13.1 Å². The van der Waals surface area contributed by atoms with E-state index in [1.54, 1.807) is 5.06 Å². The fourth-order valence-corrected chi connectivity index (χ4v) is 1.16. The topological polar surface area (TPSA) is 49.8 Å². The van der Waals surface area contributed by atoms with E-state index in [0.717, 1.165) is 25.9 Å². The molecule has 1 atom stereocenters. The van der Waals surface area contributed by atoms with Gasteiger partial charge in [0, 0.05) is 13.1 Å². The molecule has 0 saturated carbocycles. The molecule has 1 saturated heterocycles. The Labute approximate surface area is 72.1 Å². The summed E-state index contributed by atoms with van der Waals surface area (Å²) in [6.45, 7) is 2.99. The molecule has 0 aromatic carbocycles. The summed E-state index contributed by atoms with van der Waals surface area (Å²) in [6, 6.07) is 0. The monoisotopic (exact) mass is 173 g/mol. The number of piperidine rings is 1. The van der Waals surface area contributed by atoms with Crippen molar-refractivity contribution in [1.82, 2.24) is 5.06 Å². The molecule has 0 bridgehead atoms. The Hall–Kier alpha value is -0.610. The zero-order chi connectivity index (χ0) is 8.97. The van der Waals surface area contributed by atoms with Crippen LogP contribution in [0.2, 0.25) is 0 Å². The Kier molecular flexibility index (Phi) is 3.49. The molecule has 0 radical (unpaired) electrons. The van der Waals surface area contributed by atoms with Crippen LogP contribution in [0.5, 0.6) is 0 Å². The van der Waals surface area contributed by atoms with Crippen molar-refractivity contribution in [2.24, 2.45) is 0 Å². The number of aliphatic hydroxyl groups is 1. The van der Waals surface area contributed by atoms with Crippen LogP contribution in [0.25, 0.3) is 0 Å². The highest BCUT2D eigenvalue weighted by Crippen LogP contribution is 2.09. The van der Waals surface area contributed by atoms with Gasteiger partial charge in [-0.1, -0.05) is 6.42 Å². The highest BCUT2D eigenvalue weighted by atomic mass is 16.7. The molecule has 4 nitrogen and oxygen atoms in total. The molecule has 1 aliphatic heterocycles. The maximum absolute atomic E-state index is 10.9. The molecule has 1 unspecified atom stereocenters. The fraction of sp³-hybridized carbons (Fsp3) is 0.875. The second kappa shape index (κ2) is 4.42. The first kappa shape index (κ1) is 9.48. The summed E-state index contributed by atoms with van der Waals surface area (Å²) in [5.74, 6) is -0.558. The van der Waals surface area contributed by atoms with E-state index in [1.807, 2.05) is 0 Å². The molecular formula is C8H15NO3. The Morgan fingerprint density at radius 2 is 2.00 bits per heavy atom. The van der Waals surface area contributed by atoms with Crippen molar-refractivity contribution in [3.05, 3.63) is 0 Å². The maximum atomic E-state index is 10.9. The molecule has 1 heterocycles. The summed E-state index contributed by atoms with van der Waals surface area (Å²) >= 11 is 0. The lowest BCUT2D eigenvalue weighted by atomic mass is 10.2. The minimum atomic E-state index is -1.02. The number of hydroxylamine groups is 2. The highest BCUT2D eigenvalue weighted by Gasteiger charge is 2.17. The second-order valence-corrected chi connectivity index (χ2v) is 3.08. The quantitative estimate of drug-likeness (QED) is 0.653. The van der Waals surface area contributed by atoms with Crippen LogP contribution in [0.15, 0.2) is 0 Å². The van der Waals surface area contributed by atoms with Gasteiger partial charge in [-0.15, -0.1) is 5.06 Å². The minimum absolute atomic E-state index is 0.558. The predicted molar refractivity (Wildman–Crippen MR) is 43.2 cm³/mol. The highest BCUT2D eigenvalue weighted by molar-refractivity contribution is 5.73. The molecule has 1 N–H and O–H groups in total. The van der Waals surface area contributed by atoms with E-state index in [2.05, 4.69) is 0 Å². The standard InChI is InChI=1S/C8H15NO3/c1-7(10)8(11)12-9-5-3-2-4-6-9/h7,10H,2-6H2,1H3. The first-order valence-electron chi connectivity index (χ1n) is 4.35. The molecule has 0 spiro atoms. The summed E-state index contributed by atoms with van der Waals surface area (Å²) in [6.07, 6.45) is 2.30. The van der Waals surface area contributed by atoms with Crippen molar-refractivity contribution >= 4 is 5.97 Å². The number of nitrogens with zero attached hydrogens (tertiary/aromatic N) is 1. The predicted octanol–water partition coefficient (Wildman–Crippen LogP) is 0.311. The maximum Gasteiger partial charge on any atom is 0.353 e. The summed E-state index contributed by atoms with van der Waals surface area (Å²) in [5.41, 5.74) is 0. The van der Waals surface area contributed by atoms with Crippen LogP contribution in [0.3, 0.4) is 0 Å². The van der Waals surface area contributed by atoms with E-state index in [0.29, 0.717) is 0 Å². The molecule has 1 aliphatic rings. The molecule has 1 fully saturated rings. The van der Waals surface area contributed by atoms with Crippen LogP contribution in [0.1, 0.15) is 26.2 Å². The van der Waals surface area contributed by atoms with E-state index in [1.165, 1.54) is 13.3 Å². The molecule has 12 heavy (non-hydrogen) atoms. The third kappa shape index (κ3) is 2.79. The van der Waals surface area contributed by atoms with Gasteiger partial charge in [0.15, 0.2) is 6.10 Å². The molecule has 0 aliphatic carbocycles. The zero-order valence-electron chi connectivity index (χ0n) is 7.32. The molecule has 1 rings (SSSR count). The van der Waals surface area contributed by atoms with Gasteiger partial charge in [-0.25, -0.2) is 4.79 Å². The number of carbonyl (C=O) groups is 1. The Morgan fingerprint density at radius 1 is 1.42 bits per heavy atom. The molecule has 4 heteroatoms. The SMILES string of the molecule is CC(O)C(=O)ON1CCCCC1. The van der Waals surface area contributed by atoms with Gasteiger partial charge in [-0.2, -0.15) is 0 Å². The average Bonchev–Trinajstić information content (AvgIpc) is 2.06. The van der Waals surface area contributed by atoms with E-state index in [4.69, 9.17) is 9.94 Å². The lowest BCUT2D eigenvalue weighted by Crippen LogP contribution is -2.35. The summed E-state index contributed by atoms with van der Waals surface area (Å²) in [5, 5.41) is 10.5. The van der Waals surface area contributed by atoms with Crippen LogP contribution < -0.4 is 0 Å². The first-order chi connectivity index (χ1) is 5.70. The van der Waals surface area contributed by atoms with Gasteiger partial charge in [0.25, 0.3) is 0 Å². The smallest absolute Gasteiger partial charge is 0.353 e. The molecule has 70 valence electrons. The lowest BCUT2D eigenvalue weighted by Gasteiger charge is -2.25. The van der Waals surface area contributed by atoms with Crippen LogP contribution in [-0.4, -0.2) is 35.3 Å². The molecule has 0 amide bonds. The second-order valence-electron chi connectivity index (χ2n) is 3.08. The van der Waals surface area contributed by atoms with Gasteiger partial charge < -0.3 is 9.94 Å². The average molecular weight is 173 g/mol. The van der Waals surface area contributed by atoms with Crippen molar-refractivity contribution in [2.45, 2.75) is 32.3 Å². The van der Waals surface area contributed by atoms with Crippen molar-refractivity contribution in [3.8, 4) is 0 Å². The van der Waals surface area contributed by atoms with Crippen molar-refractivity contribution in [1.29, 1.82) is 0 Å². The molecule has 0 aromatic rings. The third-order valence-corrected chi connectivity index (χ3v) is 1.88. The van der Waals surface area contributed by atoms with Crippen molar-refractivity contribution in [3.63, 3.8) is 0 Å². The first-order valence-corrected chi connectivity index (χ1v) is 4.35. The van der Waals surface area contributed by atoms with Crippen LogP contribution >= 0.6 is 0 Å². The van der Waals surface area contributed by atoms with Crippen LogP contribution in [-0.2, 0) is 9.63 Å². The van der Waals surface area contributed by atoms with Gasteiger partial charge in [-0.3, -0.25) is 0 Å². The van der Waals surface area contributed by atoms with E-state index < -0.39 is 12.1 Å². The molecular weight excluding hydrogens is 158 g/mol. The van der Waals surface area contributed by atoms with Gasteiger partial charge in [-0.05, 0) is 19.8 Å². The Bertz CT molecular complexity index is 152. The van der Waals surface area contributed by atoms with Crippen LogP contribution in [0, 0.1) is 0 Å². The number of hydrogen-bond donors (Lipinski definition) is 1. The minimum Gasteiger partial charge on any atom is -0.382 e. The lowest BCUT2D eigenvalue weighted by molar-refractivity contribution is -0.202. The largest absolute Gasteiger partial charge is 0.382 e. The fourth-order valence-electron chi connectivity index (χ4n) is 1.16. The van der Waals surface area contributed by atoms with Gasteiger partial charge in [0.05, 0.1) is 0 Å².